The highest BCUT2D eigenvalue weighted by molar-refractivity contribution is 7.90. The first-order valence-corrected chi connectivity index (χ1v) is 10.3. The van der Waals surface area contributed by atoms with Crippen LogP contribution in [0.2, 0.25) is 0 Å². The van der Waals surface area contributed by atoms with Crippen molar-refractivity contribution in [1.29, 1.82) is 0 Å². The van der Waals surface area contributed by atoms with E-state index in [2.05, 4.69) is 5.32 Å². The van der Waals surface area contributed by atoms with Crippen LogP contribution < -0.4 is 11.1 Å². The summed E-state index contributed by atoms with van der Waals surface area (Å²) in [5.41, 5.74) is 9.09. The minimum Gasteiger partial charge on any atom is -0.375 e. The molecule has 5 heteroatoms. The first kappa shape index (κ1) is 18.2. The molecule has 0 aromatic heterocycles. The lowest BCUT2D eigenvalue weighted by Gasteiger charge is -2.28. The smallest absolute Gasteiger partial charge is 0.177 e. The van der Waals surface area contributed by atoms with Gasteiger partial charge in [-0.3, -0.25) is 0 Å². The number of nitrogens with two attached hydrogens (primary N) is 1. The molecule has 0 unspecified atom stereocenters. The van der Waals surface area contributed by atoms with Gasteiger partial charge >= 0.3 is 0 Å². The number of anilines is 1. The monoisotopic (exact) mass is 366 g/mol. The van der Waals surface area contributed by atoms with Crippen molar-refractivity contribution in [2.75, 3.05) is 11.6 Å². The zero-order chi connectivity index (χ0) is 18.6. The molecule has 0 spiro atoms. The molecule has 2 atom stereocenters. The molecule has 0 aliphatic carbocycles. The van der Waals surface area contributed by atoms with E-state index in [1.54, 1.807) is 18.2 Å². The fourth-order valence-electron chi connectivity index (χ4n) is 2.99. The fourth-order valence-corrected chi connectivity index (χ4v) is 3.84. The molecule has 3 rings (SSSR count). The summed E-state index contributed by atoms with van der Waals surface area (Å²) in [5.74, 6) is 0. The van der Waals surface area contributed by atoms with Gasteiger partial charge in [0.2, 0.25) is 0 Å². The van der Waals surface area contributed by atoms with Crippen molar-refractivity contribution < 1.29 is 8.42 Å². The maximum Gasteiger partial charge on any atom is 0.177 e. The molecule has 0 saturated carbocycles. The van der Waals surface area contributed by atoms with E-state index in [1.807, 2.05) is 66.7 Å². The molecule has 0 aliphatic rings. The van der Waals surface area contributed by atoms with Crippen LogP contribution in [-0.4, -0.2) is 14.7 Å². The van der Waals surface area contributed by atoms with Crippen LogP contribution in [0.15, 0.2) is 89.8 Å². The van der Waals surface area contributed by atoms with Crippen LogP contribution >= 0.6 is 0 Å². The first-order valence-electron chi connectivity index (χ1n) is 8.38. The summed E-state index contributed by atoms with van der Waals surface area (Å²) in [7, 11) is -3.35. The second-order valence-electron chi connectivity index (χ2n) is 6.24. The fraction of sp³-hybridized carbons (Fsp3) is 0.143. The van der Waals surface area contributed by atoms with Gasteiger partial charge in [-0.15, -0.1) is 0 Å². The molecule has 3 aromatic rings. The highest BCUT2D eigenvalue weighted by atomic mass is 32.2. The summed E-state index contributed by atoms with van der Waals surface area (Å²) in [6.07, 6.45) is 1.21. The standard InChI is InChI=1S/C21H22N2O2S/c1-26(24,25)19-15-9-8-14-18(19)23-21(17-12-6-3-7-13-17)20(22)16-10-4-2-5-11-16/h2-15,20-21,23H,22H2,1H3/t20-,21-/m0/s1. The predicted molar refractivity (Wildman–Crippen MR) is 106 cm³/mol. The van der Waals surface area contributed by atoms with Gasteiger partial charge in [-0.05, 0) is 23.3 Å². The van der Waals surface area contributed by atoms with Gasteiger partial charge in [0, 0.05) is 6.26 Å². The first-order chi connectivity index (χ1) is 12.5. The molecule has 0 aliphatic heterocycles. The van der Waals surface area contributed by atoms with Crippen molar-refractivity contribution in [2.45, 2.75) is 17.0 Å². The minimum absolute atomic E-state index is 0.265. The highest BCUT2D eigenvalue weighted by Gasteiger charge is 2.23. The summed E-state index contributed by atoms with van der Waals surface area (Å²) in [4.78, 5) is 0.265. The van der Waals surface area contributed by atoms with Gasteiger partial charge in [0.05, 0.1) is 22.7 Å². The average molecular weight is 366 g/mol. The van der Waals surface area contributed by atoms with Crippen LogP contribution in [0.25, 0.3) is 0 Å². The summed E-state index contributed by atoms with van der Waals surface area (Å²) in [6, 6.07) is 25.9. The van der Waals surface area contributed by atoms with Crippen LogP contribution in [0.4, 0.5) is 5.69 Å². The summed E-state index contributed by atoms with van der Waals surface area (Å²) >= 11 is 0. The van der Waals surface area contributed by atoms with Crippen LogP contribution in [0.3, 0.4) is 0 Å². The van der Waals surface area contributed by atoms with E-state index in [1.165, 1.54) is 6.26 Å². The van der Waals surface area contributed by atoms with Crippen molar-refractivity contribution in [3.05, 3.63) is 96.1 Å². The zero-order valence-corrected chi connectivity index (χ0v) is 15.4. The van der Waals surface area contributed by atoms with E-state index in [0.29, 0.717) is 5.69 Å². The molecule has 0 amide bonds. The van der Waals surface area contributed by atoms with E-state index in [4.69, 9.17) is 5.73 Å². The summed E-state index contributed by atoms with van der Waals surface area (Å²) < 4.78 is 24.3. The second-order valence-corrected chi connectivity index (χ2v) is 8.22. The third-order valence-corrected chi connectivity index (χ3v) is 5.45. The molecule has 3 N–H and O–H groups in total. The number of nitrogens with one attached hydrogen (secondary N) is 1. The van der Waals surface area contributed by atoms with Gasteiger partial charge in [-0.1, -0.05) is 72.8 Å². The molecule has 0 radical (unpaired) electrons. The van der Waals surface area contributed by atoms with Crippen LogP contribution in [-0.2, 0) is 9.84 Å². The van der Waals surface area contributed by atoms with Gasteiger partial charge in [-0.2, -0.15) is 0 Å². The maximum absolute atomic E-state index is 12.1. The topological polar surface area (TPSA) is 72.2 Å². The predicted octanol–water partition coefficient (Wildman–Crippen LogP) is 3.94. The van der Waals surface area contributed by atoms with E-state index < -0.39 is 9.84 Å². The molecule has 0 heterocycles. The number of para-hydroxylation sites is 1. The van der Waals surface area contributed by atoms with Crippen LogP contribution in [0, 0.1) is 0 Å². The molecule has 134 valence electrons. The molecule has 0 saturated heterocycles. The lowest BCUT2D eigenvalue weighted by Crippen LogP contribution is -2.26. The largest absolute Gasteiger partial charge is 0.375 e. The van der Waals surface area contributed by atoms with Crippen LogP contribution in [0.1, 0.15) is 23.2 Å². The lowest BCUT2D eigenvalue weighted by molar-refractivity contribution is 0.597. The van der Waals surface area contributed by atoms with Gasteiger partial charge in [0.1, 0.15) is 0 Å². The Kier molecular flexibility index (Phi) is 5.40. The Morgan fingerprint density at radius 2 is 1.27 bits per heavy atom. The Bertz CT molecular complexity index is 958. The normalized spacial score (nSPS) is 13.8. The molecule has 0 bridgehead atoms. The quantitative estimate of drug-likeness (QED) is 0.693. The van der Waals surface area contributed by atoms with Gasteiger partial charge in [0.15, 0.2) is 9.84 Å². The van der Waals surface area contributed by atoms with Crippen LogP contribution in [0.5, 0.6) is 0 Å². The van der Waals surface area contributed by atoms with E-state index >= 15 is 0 Å². The molecule has 3 aromatic carbocycles. The van der Waals surface area contributed by atoms with Gasteiger partial charge in [-0.25, -0.2) is 8.42 Å². The molecule has 26 heavy (non-hydrogen) atoms. The number of hydrogen-bond acceptors (Lipinski definition) is 4. The average Bonchev–Trinajstić information content (AvgIpc) is 2.66. The molecular formula is C21H22N2O2S. The van der Waals surface area contributed by atoms with Crippen molar-refractivity contribution in [2.24, 2.45) is 5.73 Å². The highest BCUT2D eigenvalue weighted by Crippen LogP contribution is 2.32. The molecule has 0 fully saturated rings. The molecule has 4 nitrogen and oxygen atoms in total. The minimum atomic E-state index is -3.35. The zero-order valence-electron chi connectivity index (χ0n) is 14.5. The summed E-state index contributed by atoms with van der Waals surface area (Å²) in [5, 5.41) is 3.36. The Hall–Kier alpha value is -2.63. The number of hydrogen-bond donors (Lipinski definition) is 2. The summed E-state index contributed by atoms with van der Waals surface area (Å²) in [6.45, 7) is 0. The third kappa shape index (κ3) is 4.12. The Morgan fingerprint density at radius 3 is 1.85 bits per heavy atom. The Morgan fingerprint density at radius 1 is 0.769 bits per heavy atom. The Balaban J connectivity index is 2.04. The second kappa shape index (κ2) is 7.72. The van der Waals surface area contributed by atoms with Crippen molar-refractivity contribution in [3.8, 4) is 0 Å². The Labute approximate surface area is 154 Å². The third-order valence-electron chi connectivity index (χ3n) is 4.30. The van der Waals surface area contributed by atoms with E-state index in [-0.39, 0.29) is 17.0 Å². The lowest BCUT2D eigenvalue weighted by atomic mass is 9.94. The van der Waals surface area contributed by atoms with E-state index in [9.17, 15) is 8.42 Å². The number of rotatable bonds is 6. The van der Waals surface area contributed by atoms with Gasteiger partial charge in [0.25, 0.3) is 0 Å². The van der Waals surface area contributed by atoms with Crippen molar-refractivity contribution in [3.63, 3.8) is 0 Å². The maximum atomic E-state index is 12.1. The number of sulfone groups is 1. The molecular weight excluding hydrogens is 344 g/mol. The SMILES string of the molecule is CS(=O)(=O)c1ccccc1N[C@@H](c1ccccc1)[C@@H](N)c1ccccc1. The number of benzene rings is 3. The van der Waals surface area contributed by atoms with Gasteiger partial charge < -0.3 is 11.1 Å². The van der Waals surface area contributed by atoms with Crippen molar-refractivity contribution in [1.82, 2.24) is 0 Å². The van der Waals surface area contributed by atoms with Crippen molar-refractivity contribution >= 4 is 15.5 Å². The van der Waals surface area contributed by atoms with E-state index in [0.717, 1.165) is 11.1 Å².